The van der Waals surface area contributed by atoms with E-state index in [-0.39, 0.29) is 0 Å². The molecular weight excluding hydrogens is 162 g/mol. The maximum Gasteiger partial charge on any atom is 0.0603 e. The van der Waals surface area contributed by atoms with Crippen molar-refractivity contribution in [1.29, 1.82) is 0 Å². The van der Waals surface area contributed by atoms with E-state index in [1.165, 1.54) is 25.8 Å². The highest BCUT2D eigenvalue weighted by atomic mass is 16.3. The van der Waals surface area contributed by atoms with Crippen molar-refractivity contribution < 1.29 is 5.11 Å². The van der Waals surface area contributed by atoms with Crippen molar-refractivity contribution in [3.63, 3.8) is 0 Å². The van der Waals surface area contributed by atoms with Crippen LogP contribution in [0.25, 0.3) is 0 Å². The third-order valence-electron chi connectivity index (χ3n) is 2.98. The van der Waals surface area contributed by atoms with E-state index in [0.717, 1.165) is 19.0 Å². The zero-order valence-corrected chi connectivity index (χ0v) is 9.21. The molecule has 1 heterocycles. The summed E-state index contributed by atoms with van der Waals surface area (Å²) in [5, 5.41) is 9.61. The molecule has 1 N–H and O–H groups in total. The molecule has 2 nitrogen and oxygen atoms in total. The number of rotatable bonds is 4. The summed E-state index contributed by atoms with van der Waals surface area (Å²) in [4.78, 5) is 2.53. The van der Waals surface area contributed by atoms with E-state index in [1.54, 1.807) is 0 Å². The second-order valence-corrected chi connectivity index (χ2v) is 4.80. The van der Waals surface area contributed by atoms with Crippen LogP contribution in [0, 0.1) is 0 Å². The third kappa shape index (κ3) is 3.65. The number of nitrogens with zero attached hydrogens (tertiary/aromatic N) is 1. The van der Waals surface area contributed by atoms with Gasteiger partial charge in [0.1, 0.15) is 0 Å². The molecule has 2 heteroatoms. The topological polar surface area (TPSA) is 23.5 Å². The van der Waals surface area contributed by atoms with Gasteiger partial charge in [-0.2, -0.15) is 0 Å². The summed E-state index contributed by atoms with van der Waals surface area (Å²) >= 11 is 0. The van der Waals surface area contributed by atoms with Crippen molar-refractivity contribution in [3.05, 3.63) is 0 Å². The van der Waals surface area contributed by atoms with E-state index < -0.39 is 5.60 Å². The molecule has 78 valence electrons. The first-order valence-electron chi connectivity index (χ1n) is 5.49. The summed E-state index contributed by atoms with van der Waals surface area (Å²) in [5.74, 6) is 0. The quantitative estimate of drug-likeness (QED) is 0.724. The van der Waals surface area contributed by atoms with E-state index in [4.69, 9.17) is 0 Å². The van der Waals surface area contributed by atoms with Gasteiger partial charge in [0.05, 0.1) is 5.60 Å². The lowest BCUT2D eigenvalue weighted by Gasteiger charge is -2.26. The maximum absolute atomic E-state index is 9.61. The second kappa shape index (κ2) is 4.43. The Bertz CT molecular complexity index is 151. The molecule has 0 amide bonds. The van der Waals surface area contributed by atoms with Crippen LogP contribution in [0.2, 0.25) is 0 Å². The molecule has 0 aliphatic carbocycles. The largest absolute Gasteiger partial charge is 0.390 e. The Labute approximate surface area is 81.9 Å². The van der Waals surface area contributed by atoms with Gasteiger partial charge in [0, 0.05) is 12.6 Å². The molecule has 0 aromatic rings. The van der Waals surface area contributed by atoms with Gasteiger partial charge in [0.2, 0.25) is 0 Å². The Morgan fingerprint density at radius 1 is 1.46 bits per heavy atom. The molecule has 0 bridgehead atoms. The van der Waals surface area contributed by atoms with Gasteiger partial charge in [0.15, 0.2) is 0 Å². The standard InChI is InChI=1S/C11H23NO/c1-4-10-6-5-8-12(10)9-7-11(2,3)13/h10,13H,4-9H2,1-3H3. The van der Waals surface area contributed by atoms with Gasteiger partial charge in [-0.05, 0) is 46.1 Å². The molecule has 1 aliphatic rings. The van der Waals surface area contributed by atoms with Gasteiger partial charge >= 0.3 is 0 Å². The highest BCUT2D eigenvalue weighted by molar-refractivity contribution is 4.79. The summed E-state index contributed by atoms with van der Waals surface area (Å²) in [6.45, 7) is 8.33. The second-order valence-electron chi connectivity index (χ2n) is 4.80. The molecule has 0 aromatic carbocycles. The number of hydrogen-bond donors (Lipinski definition) is 1. The fraction of sp³-hybridized carbons (Fsp3) is 1.00. The zero-order chi connectivity index (χ0) is 9.90. The van der Waals surface area contributed by atoms with Crippen molar-refractivity contribution in [2.75, 3.05) is 13.1 Å². The Balaban J connectivity index is 2.28. The Morgan fingerprint density at radius 3 is 2.69 bits per heavy atom. The molecule has 1 fully saturated rings. The van der Waals surface area contributed by atoms with E-state index in [9.17, 15) is 5.11 Å². The summed E-state index contributed by atoms with van der Waals surface area (Å²) in [6, 6.07) is 0.780. The fourth-order valence-electron chi connectivity index (χ4n) is 2.07. The minimum absolute atomic E-state index is 0.499. The lowest BCUT2D eigenvalue weighted by Crippen LogP contribution is -2.34. The maximum atomic E-state index is 9.61. The van der Waals surface area contributed by atoms with Crippen LogP contribution >= 0.6 is 0 Å². The van der Waals surface area contributed by atoms with Crippen LogP contribution in [0.5, 0.6) is 0 Å². The molecule has 1 rings (SSSR count). The van der Waals surface area contributed by atoms with E-state index in [1.807, 2.05) is 13.8 Å². The zero-order valence-electron chi connectivity index (χ0n) is 9.21. The minimum atomic E-state index is -0.499. The van der Waals surface area contributed by atoms with Gasteiger partial charge in [-0.15, -0.1) is 0 Å². The minimum Gasteiger partial charge on any atom is -0.390 e. The lowest BCUT2D eigenvalue weighted by atomic mass is 10.0. The summed E-state index contributed by atoms with van der Waals surface area (Å²) in [7, 11) is 0. The van der Waals surface area contributed by atoms with Gasteiger partial charge in [-0.25, -0.2) is 0 Å². The van der Waals surface area contributed by atoms with Crippen LogP contribution in [-0.2, 0) is 0 Å². The van der Waals surface area contributed by atoms with E-state index in [2.05, 4.69) is 11.8 Å². The van der Waals surface area contributed by atoms with Crippen molar-refractivity contribution in [1.82, 2.24) is 4.90 Å². The molecule has 0 saturated carbocycles. The summed E-state index contributed by atoms with van der Waals surface area (Å²) in [5.41, 5.74) is -0.499. The molecule has 0 aromatic heterocycles. The van der Waals surface area contributed by atoms with Crippen LogP contribution in [0.4, 0.5) is 0 Å². The van der Waals surface area contributed by atoms with Gasteiger partial charge in [0.25, 0.3) is 0 Å². The van der Waals surface area contributed by atoms with Crippen molar-refractivity contribution >= 4 is 0 Å². The molecular formula is C11H23NO. The van der Waals surface area contributed by atoms with Crippen LogP contribution in [0.1, 0.15) is 46.5 Å². The van der Waals surface area contributed by atoms with Crippen LogP contribution in [0.3, 0.4) is 0 Å². The van der Waals surface area contributed by atoms with Crippen molar-refractivity contribution in [2.45, 2.75) is 58.1 Å². The molecule has 1 saturated heterocycles. The Morgan fingerprint density at radius 2 is 2.15 bits per heavy atom. The predicted molar refractivity (Wildman–Crippen MR) is 55.8 cm³/mol. The predicted octanol–water partition coefficient (Wildman–Crippen LogP) is 2.02. The van der Waals surface area contributed by atoms with Crippen LogP contribution in [-0.4, -0.2) is 34.7 Å². The highest BCUT2D eigenvalue weighted by Gasteiger charge is 2.24. The van der Waals surface area contributed by atoms with Crippen molar-refractivity contribution in [2.24, 2.45) is 0 Å². The Kier molecular flexibility index (Phi) is 3.74. The fourth-order valence-corrected chi connectivity index (χ4v) is 2.07. The Hall–Kier alpha value is -0.0800. The van der Waals surface area contributed by atoms with E-state index in [0.29, 0.717) is 0 Å². The third-order valence-corrected chi connectivity index (χ3v) is 2.98. The van der Waals surface area contributed by atoms with Gasteiger partial charge < -0.3 is 10.0 Å². The number of hydrogen-bond acceptors (Lipinski definition) is 2. The molecule has 1 unspecified atom stereocenters. The first-order chi connectivity index (χ1) is 6.03. The van der Waals surface area contributed by atoms with Gasteiger partial charge in [-0.1, -0.05) is 6.92 Å². The van der Waals surface area contributed by atoms with Gasteiger partial charge in [-0.3, -0.25) is 0 Å². The SMILES string of the molecule is CCC1CCCN1CCC(C)(C)O. The average Bonchev–Trinajstić information content (AvgIpc) is 2.46. The van der Waals surface area contributed by atoms with Crippen LogP contribution in [0.15, 0.2) is 0 Å². The smallest absolute Gasteiger partial charge is 0.0603 e. The lowest BCUT2D eigenvalue weighted by molar-refractivity contribution is 0.0557. The highest BCUT2D eigenvalue weighted by Crippen LogP contribution is 2.21. The first-order valence-corrected chi connectivity index (χ1v) is 5.49. The summed E-state index contributed by atoms with van der Waals surface area (Å²) in [6.07, 6.45) is 4.84. The average molecular weight is 185 g/mol. The molecule has 1 atom stereocenters. The number of aliphatic hydroxyl groups is 1. The molecule has 13 heavy (non-hydrogen) atoms. The normalized spacial score (nSPS) is 25.4. The molecule has 0 radical (unpaired) electrons. The summed E-state index contributed by atoms with van der Waals surface area (Å²) < 4.78 is 0. The van der Waals surface area contributed by atoms with E-state index >= 15 is 0 Å². The van der Waals surface area contributed by atoms with Crippen LogP contribution < -0.4 is 0 Å². The molecule has 0 spiro atoms. The van der Waals surface area contributed by atoms with Crippen molar-refractivity contribution in [3.8, 4) is 0 Å². The monoisotopic (exact) mass is 185 g/mol. The number of likely N-dealkylation sites (tertiary alicyclic amines) is 1. The first kappa shape index (κ1) is 11.0. The molecule has 1 aliphatic heterocycles.